The molecule has 20 heavy (non-hydrogen) atoms. The van der Waals surface area contributed by atoms with Crippen molar-refractivity contribution >= 4 is 5.69 Å². The molecular weight excluding hydrogens is 244 g/mol. The van der Waals surface area contributed by atoms with E-state index in [0.29, 0.717) is 6.04 Å². The lowest BCUT2D eigenvalue weighted by molar-refractivity contribution is 0.246. The predicted molar refractivity (Wildman–Crippen MR) is 88.7 cm³/mol. The molecule has 1 fully saturated rings. The topological polar surface area (TPSA) is 15.3 Å². The Hall–Kier alpha value is -1.02. The molecule has 0 amide bonds. The van der Waals surface area contributed by atoms with Gasteiger partial charge in [0.05, 0.1) is 0 Å². The van der Waals surface area contributed by atoms with Crippen molar-refractivity contribution in [3.8, 4) is 0 Å². The van der Waals surface area contributed by atoms with Crippen molar-refractivity contribution in [2.75, 3.05) is 18.0 Å². The van der Waals surface area contributed by atoms with E-state index in [2.05, 4.69) is 63.0 Å². The summed E-state index contributed by atoms with van der Waals surface area (Å²) in [6.07, 6.45) is 3.59. The number of hydrogen-bond donors (Lipinski definition) is 1. The van der Waals surface area contributed by atoms with Crippen LogP contribution in [0, 0.1) is 13.8 Å². The second kappa shape index (κ2) is 6.17. The van der Waals surface area contributed by atoms with Crippen molar-refractivity contribution in [1.29, 1.82) is 0 Å². The number of piperazine rings is 1. The lowest BCUT2D eigenvalue weighted by Gasteiger charge is -2.49. The maximum atomic E-state index is 3.83. The van der Waals surface area contributed by atoms with Crippen molar-refractivity contribution in [3.63, 3.8) is 0 Å². The van der Waals surface area contributed by atoms with Crippen LogP contribution >= 0.6 is 0 Å². The molecule has 1 aromatic rings. The lowest BCUT2D eigenvalue weighted by Crippen LogP contribution is -2.64. The Balaban J connectivity index is 2.36. The summed E-state index contributed by atoms with van der Waals surface area (Å²) >= 11 is 0. The van der Waals surface area contributed by atoms with Gasteiger partial charge in [0, 0.05) is 30.4 Å². The Morgan fingerprint density at radius 1 is 1.20 bits per heavy atom. The third kappa shape index (κ3) is 2.71. The number of nitrogens with one attached hydrogen (secondary N) is 1. The van der Waals surface area contributed by atoms with Gasteiger partial charge in [-0.3, -0.25) is 0 Å². The van der Waals surface area contributed by atoms with Crippen LogP contribution in [0.1, 0.15) is 51.2 Å². The molecule has 0 spiro atoms. The fraction of sp³-hybridized carbons (Fsp3) is 0.667. The Morgan fingerprint density at radius 2 is 1.90 bits per heavy atom. The van der Waals surface area contributed by atoms with E-state index in [1.54, 1.807) is 0 Å². The van der Waals surface area contributed by atoms with E-state index in [1.165, 1.54) is 36.1 Å². The van der Waals surface area contributed by atoms with E-state index in [0.717, 1.165) is 13.1 Å². The number of benzene rings is 1. The third-order valence-electron chi connectivity index (χ3n) is 5.34. The Kier molecular flexibility index (Phi) is 4.74. The van der Waals surface area contributed by atoms with Gasteiger partial charge in [0.15, 0.2) is 0 Å². The van der Waals surface area contributed by atoms with Crippen molar-refractivity contribution in [3.05, 3.63) is 29.3 Å². The summed E-state index contributed by atoms with van der Waals surface area (Å²) in [5.41, 5.74) is 4.55. The first-order valence-electron chi connectivity index (χ1n) is 8.14. The van der Waals surface area contributed by atoms with Crippen molar-refractivity contribution in [1.82, 2.24) is 5.32 Å². The van der Waals surface area contributed by atoms with Gasteiger partial charge in [-0.05, 0) is 50.3 Å². The summed E-state index contributed by atoms with van der Waals surface area (Å²) in [4.78, 5) is 2.66. The van der Waals surface area contributed by atoms with Crippen LogP contribution in [0.4, 0.5) is 5.69 Å². The molecule has 1 saturated heterocycles. The van der Waals surface area contributed by atoms with Gasteiger partial charge in [-0.1, -0.05) is 32.9 Å². The first-order chi connectivity index (χ1) is 9.56. The van der Waals surface area contributed by atoms with Crippen molar-refractivity contribution < 1.29 is 0 Å². The molecule has 112 valence electrons. The minimum Gasteiger partial charge on any atom is -0.365 e. The monoisotopic (exact) mass is 274 g/mol. The molecule has 2 heteroatoms. The number of nitrogens with zero attached hydrogens (tertiary/aromatic N) is 1. The van der Waals surface area contributed by atoms with Crippen LogP contribution in [0.2, 0.25) is 0 Å². The summed E-state index contributed by atoms with van der Waals surface area (Å²) in [5.74, 6) is 0. The molecule has 1 aliphatic rings. The maximum absolute atomic E-state index is 3.83. The average Bonchev–Trinajstić information content (AvgIpc) is 2.49. The third-order valence-corrected chi connectivity index (χ3v) is 5.34. The van der Waals surface area contributed by atoms with Crippen LogP contribution in [0.15, 0.2) is 18.2 Å². The quantitative estimate of drug-likeness (QED) is 0.891. The van der Waals surface area contributed by atoms with Crippen LogP contribution in [0.3, 0.4) is 0 Å². The Labute approximate surface area is 124 Å². The molecule has 0 bridgehead atoms. The van der Waals surface area contributed by atoms with Crippen molar-refractivity contribution in [2.24, 2.45) is 0 Å². The molecule has 0 saturated carbocycles. The summed E-state index contributed by atoms with van der Waals surface area (Å²) in [6, 6.07) is 7.33. The molecule has 0 aromatic heterocycles. The SMILES string of the molecule is CCC1CNC(CC)(CC)CN1c1cccc(C)c1C. The van der Waals surface area contributed by atoms with E-state index >= 15 is 0 Å². The summed E-state index contributed by atoms with van der Waals surface area (Å²) in [7, 11) is 0. The highest BCUT2D eigenvalue weighted by Gasteiger charge is 2.36. The van der Waals surface area contributed by atoms with Gasteiger partial charge in [-0.15, -0.1) is 0 Å². The van der Waals surface area contributed by atoms with Gasteiger partial charge < -0.3 is 10.2 Å². The molecular formula is C18H30N2. The maximum Gasteiger partial charge on any atom is 0.0413 e. The van der Waals surface area contributed by atoms with Crippen LogP contribution < -0.4 is 10.2 Å². The van der Waals surface area contributed by atoms with E-state index < -0.39 is 0 Å². The molecule has 2 rings (SSSR count). The predicted octanol–water partition coefficient (Wildman–Crippen LogP) is 4.05. The van der Waals surface area contributed by atoms with E-state index in [9.17, 15) is 0 Å². The first-order valence-corrected chi connectivity index (χ1v) is 8.14. The zero-order valence-electron chi connectivity index (χ0n) is 13.8. The highest BCUT2D eigenvalue weighted by Crippen LogP contribution is 2.31. The fourth-order valence-electron chi connectivity index (χ4n) is 3.37. The van der Waals surface area contributed by atoms with Gasteiger partial charge in [0.25, 0.3) is 0 Å². The van der Waals surface area contributed by atoms with Crippen molar-refractivity contribution in [2.45, 2.75) is 65.5 Å². The highest BCUT2D eigenvalue weighted by atomic mass is 15.3. The van der Waals surface area contributed by atoms with E-state index in [4.69, 9.17) is 0 Å². The minimum absolute atomic E-state index is 0.280. The Bertz CT molecular complexity index is 449. The smallest absolute Gasteiger partial charge is 0.0413 e. The Morgan fingerprint density at radius 3 is 2.50 bits per heavy atom. The van der Waals surface area contributed by atoms with Crippen LogP contribution in [-0.4, -0.2) is 24.7 Å². The number of anilines is 1. The van der Waals surface area contributed by atoms with E-state index in [-0.39, 0.29) is 5.54 Å². The standard InChI is InChI=1S/C18H30N2/c1-6-16-12-19-18(7-2,8-3)13-20(16)17-11-9-10-14(4)15(17)5/h9-11,16,19H,6-8,12-13H2,1-5H3. The van der Waals surface area contributed by atoms with Gasteiger partial charge in [0.1, 0.15) is 0 Å². The molecule has 2 nitrogen and oxygen atoms in total. The van der Waals surface area contributed by atoms with Crippen LogP contribution in [0.5, 0.6) is 0 Å². The van der Waals surface area contributed by atoms with Gasteiger partial charge in [-0.2, -0.15) is 0 Å². The molecule has 1 aliphatic heterocycles. The summed E-state index contributed by atoms with van der Waals surface area (Å²) < 4.78 is 0. The average molecular weight is 274 g/mol. The van der Waals surface area contributed by atoms with Gasteiger partial charge in [0.2, 0.25) is 0 Å². The minimum atomic E-state index is 0.280. The zero-order valence-corrected chi connectivity index (χ0v) is 13.8. The largest absolute Gasteiger partial charge is 0.365 e. The molecule has 0 radical (unpaired) electrons. The second-order valence-corrected chi connectivity index (χ2v) is 6.28. The van der Waals surface area contributed by atoms with Gasteiger partial charge >= 0.3 is 0 Å². The summed E-state index contributed by atoms with van der Waals surface area (Å²) in [5, 5.41) is 3.83. The first kappa shape index (κ1) is 15.4. The number of hydrogen-bond acceptors (Lipinski definition) is 2. The van der Waals surface area contributed by atoms with E-state index in [1.807, 2.05) is 0 Å². The normalized spacial score (nSPS) is 22.1. The molecule has 0 aliphatic carbocycles. The second-order valence-electron chi connectivity index (χ2n) is 6.28. The summed E-state index contributed by atoms with van der Waals surface area (Å²) in [6.45, 7) is 13.6. The number of aryl methyl sites for hydroxylation is 1. The molecule has 1 aromatic carbocycles. The highest BCUT2D eigenvalue weighted by molar-refractivity contribution is 5.57. The molecule has 1 heterocycles. The molecule has 1 unspecified atom stereocenters. The van der Waals surface area contributed by atoms with Gasteiger partial charge in [-0.25, -0.2) is 0 Å². The molecule has 1 N–H and O–H groups in total. The zero-order chi connectivity index (χ0) is 14.8. The van der Waals surface area contributed by atoms with Crippen LogP contribution in [0.25, 0.3) is 0 Å². The van der Waals surface area contributed by atoms with Crippen LogP contribution in [-0.2, 0) is 0 Å². The number of rotatable bonds is 4. The molecule has 1 atom stereocenters. The lowest BCUT2D eigenvalue weighted by atomic mass is 9.87. The fourth-order valence-corrected chi connectivity index (χ4v) is 3.37.